The zero-order chi connectivity index (χ0) is 31.6. The van der Waals surface area contributed by atoms with Crippen LogP contribution >= 0.6 is 0 Å². The van der Waals surface area contributed by atoms with Crippen LogP contribution < -0.4 is 0 Å². The molecule has 10 aromatic rings. The molecule has 0 fully saturated rings. The number of nitrogens with zero attached hydrogens (tertiary/aromatic N) is 2. The first-order chi connectivity index (χ1) is 23.8. The quantitative estimate of drug-likeness (QED) is 0.188. The van der Waals surface area contributed by atoms with E-state index in [4.69, 9.17) is 0 Å². The van der Waals surface area contributed by atoms with Crippen molar-refractivity contribution in [2.75, 3.05) is 0 Å². The predicted octanol–water partition coefficient (Wildman–Crippen LogP) is 12.4. The number of benzene rings is 8. The zero-order valence-corrected chi connectivity index (χ0v) is 26.2. The molecule has 0 bridgehead atoms. The van der Waals surface area contributed by atoms with Crippen molar-refractivity contribution in [3.05, 3.63) is 182 Å². The first-order valence-electron chi connectivity index (χ1n) is 16.5. The molecule has 0 aliphatic heterocycles. The highest BCUT2D eigenvalue weighted by atomic mass is 15.0. The van der Waals surface area contributed by atoms with Gasteiger partial charge in [0.1, 0.15) is 0 Å². The van der Waals surface area contributed by atoms with Crippen LogP contribution in [0, 0.1) is 0 Å². The molecule has 2 nitrogen and oxygen atoms in total. The van der Waals surface area contributed by atoms with Crippen LogP contribution in [-0.2, 0) is 0 Å². The smallest absolute Gasteiger partial charge is 0.0541 e. The topological polar surface area (TPSA) is 9.86 Å². The van der Waals surface area contributed by atoms with Crippen LogP contribution in [-0.4, -0.2) is 9.13 Å². The maximum absolute atomic E-state index is 2.38. The average Bonchev–Trinajstić information content (AvgIpc) is 3.67. The summed E-state index contributed by atoms with van der Waals surface area (Å²) in [5, 5.41) is 7.57. The number of rotatable bonds is 4. The summed E-state index contributed by atoms with van der Waals surface area (Å²) in [4.78, 5) is 0. The van der Waals surface area contributed by atoms with E-state index in [1.807, 2.05) is 0 Å². The summed E-state index contributed by atoms with van der Waals surface area (Å²) in [7, 11) is 0. The van der Waals surface area contributed by atoms with Crippen molar-refractivity contribution in [2.24, 2.45) is 0 Å². The number of hydrogen-bond donors (Lipinski definition) is 0. The lowest BCUT2D eigenvalue weighted by molar-refractivity contribution is 1.18. The third-order valence-corrected chi connectivity index (χ3v) is 9.92. The predicted molar refractivity (Wildman–Crippen MR) is 203 cm³/mol. The van der Waals surface area contributed by atoms with Crippen LogP contribution in [0.2, 0.25) is 0 Å². The molecule has 224 valence electrons. The standard InChI is InChI=1S/C46H30N2/c1-3-13-33(14-4-1)47-43-21-11-9-19-39(43)41-29-31(23-27-45(41)47)35-25-26-36(38-18-8-7-17-37(35)38)32-24-28-46-42(30-32)40-20-10-12-22-44(40)48(46)34-15-5-2-6-16-34/h1-30H. The van der Waals surface area contributed by atoms with Crippen molar-refractivity contribution >= 4 is 54.4 Å². The van der Waals surface area contributed by atoms with Gasteiger partial charge < -0.3 is 9.13 Å². The molecule has 2 heterocycles. The molecule has 0 N–H and O–H groups in total. The number of fused-ring (bicyclic) bond motifs is 7. The second-order valence-corrected chi connectivity index (χ2v) is 12.5. The lowest BCUT2D eigenvalue weighted by atomic mass is 9.91. The van der Waals surface area contributed by atoms with Gasteiger partial charge in [-0.05, 0) is 93.7 Å². The van der Waals surface area contributed by atoms with Gasteiger partial charge in [0.05, 0.1) is 22.1 Å². The summed E-state index contributed by atoms with van der Waals surface area (Å²) < 4.78 is 4.75. The van der Waals surface area contributed by atoms with Crippen molar-refractivity contribution in [1.82, 2.24) is 9.13 Å². The highest BCUT2D eigenvalue weighted by Crippen LogP contribution is 2.41. The Morgan fingerprint density at radius 2 is 0.604 bits per heavy atom. The number of aromatic nitrogens is 2. The van der Waals surface area contributed by atoms with E-state index >= 15 is 0 Å². The summed E-state index contributed by atoms with van der Waals surface area (Å²) in [6.45, 7) is 0. The molecule has 0 saturated carbocycles. The highest BCUT2D eigenvalue weighted by molar-refractivity contribution is 6.14. The van der Waals surface area contributed by atoms with E-state index in [0.717, 1.165) is 0 Å². The van der Waals surface area contributed by atoms with E-state index in [0.29, 0.717) is 0 Å². The summed E-state index contributed by atoms with van der Waals surface area (Å²) in [5.41, 5.74) is 12.2. The molecule has 0 unspecified atom stereocenters. The molecule has 48 heavy (non-hydrogen) atoms. The maximum Gasteiger partial charge on any atom is 0.0541 e. The van der Waals surface area contributed by atoms with Gasteiger partial charge in [-0.2, -0.15) is 0 Å². The molecular weight excluding hydrogens is 581 g/mol. The molecule has 0 radical (unpaired) electrons. The molecule has 8 aromatic carbocycles. The van der Waals surface area contributed by atoms with E-state index in [-0.39, 0.29) is 0 Å². The van der Waals surface area contributed by atoms with Gasteiger partial charge in [0, 0.05) is 32.9 Å². The average molecular weight is 611 g/mol. The Bertz CT molecular complexity index is 2620. The Morgan fingerprint density at radius 3 is 1.04 bits per heavy atom. The number of hydrogen-bond acceptors (Lipinski definition) is 0. The highest BCUT2D eigenvalue weighted by Gasteiger charge is 2.17. The van der Waals surface area contributed by atoms with E-state index in [1.54, 1.807) is 0 Å². The van der Waals surface area contributed by atoms with Gasteiger partial charge in [0.25, 0.3) is 0 Å². The van der Waals surface area contributed by atoms with Crippen LogP contribution in [0.4, 0.5) is 0 Å². The molecule has 10 rings (SSSR count). The molecule has 2 heteroatoms. The van der Waals surface area contributed by atoms with Crippen LogP contribution in [0.15, 0.2) is 182 Å². The van der Waals surface area contributed by atoms with Crippen LogP contribution in [0.3, 0.4) is 0 Å². The minimum Gasteiger partial charge on any atom is -0.309 e. The van der Waals surface area contributed by atoms with Crippen molar-refractivity contribution in [1.29, 1.82) is 0 Å². The lowest BCUT2D eigenvalue weighted by Crippen LogP contribution is -1.93. The van der Waals surface area contributed by atoms with Crippen LogP contribution in [0.1, 0.15) is 0 Å². The summed E-state index contributed by atoms with van der Waals surface area (Å²) >= 11 is 0. The first kappa shape index (κ1) is 26.8. The van der Waals surface area contributed by atoms with Crippen molar-refractivity contribution < 1.29 is 0 Å². The molecule has 0 atom stereocenters. The van der Waals surface area contributed by atoms with Crippen molar-refractivity contribution in [3.63, 3.8) is 0 Å². The minimum absolute atomic E-state index is 1.18. The largest absolute Gasteiger partial charge is 0.309 e. The Balaban J connectivity index is 1.15. The Hall–Kier alpha value is -6.38. The molecule has 0 saturated heterocycles. The summed E-state index contributed by atoms with van der Waals surface area (Å²) in [6.07, 6.45) is 0. The van der Waals surface area contributed by atoms with Gasteiger partial charge in [-0.3, -0.25) is 0 Å². The van der Waals surface area contributed by atoms with Gasteiger partial charge in [-0.1, -0.05) is 121 Å². The molecule has 0 spiro atoms. The van der Waals surface area contributed by atoms with Crippen LogP contribution in [0.5, 0.6) is 0 Å². The summed E-state index contributed by atoms with van der Waals surface area (Å²) in [5.74, 6) is 0. The van der Waals surface area contributed by atoms with Gasteiger partial charge in [-0.25, -0.2) is 0 Å². The monoisotopic (exact) mass is 610 g/mol. The zero-order valence-electron chi connectivity index (χ0n) is 26.2. The molecule has 0 amide bonds. The molecule has 0 aliphatic rings. The number of para-hydroxylation sites is 4. The Labute approximate surface area is 278 Å². The fourth-order valence-electron chi connectivity index (χ4n) is 7.79. The van der Waals surface area contributed by atoms with Crippen LogP contribution in [0.25, 0.3) is 88.0 Å². The second kappa shape index (κ2) is 10.6. The third kappa shape index (κ3) is 4.00. The Kier molecular flexibility index (Phi) is 5.91. The fourth-order valence-corrected chi connectivity index (χ4v) is 7.79. The Morgan fingerprint density at radius 1 is 0.250 bits per heavy atom. The molecular formula is C46H30N2. The van der Waals surface area contributed by atoms with E-state index in [1.165, 1.54) is 88.0 Å². The van der Waals surface area contributed by atoms with Gasteiger partial charge >= 0.3 is 0 Å². The SMILES string of the molecule is c1ccc(-n2c3ccccc3c3cc(-c4ccc(-c5ccc6c(c5)c5ccccc5n6-c5ccccc5)c5ccccc45)ccc32)cc1. The molecule has 2 aromatic heterocycles. The van der Waals surface area contributed by atoms with E-state index in [2.05, 4.69) is 191 Å². The molecule has 0 aliphatic carbocycles. The third-order valence-electron chi connectivity index (χ3n) is 9.92. The van der Waals surface area contributed by atoms with Crippen molar-refractivity contribution in [2.45, 2.75) is 0 Å². The van der Waals surface area contributed by atoms with Gasteiger partial charge in [-0.15, -0.1) is 0 Å². The van der Waals surface area contributed by atoms with Gasteiger partial charge in [0.15, 0.2) is 0 Å². The van der Waals surface area contributed by atoms with E-state index in [9.17, 15) is 0 Å². The second-order valence-electron chi connectivity index (χ2n) is 12.5. The van der Waals surface area contributed by atoms with Crippen molar-refractivity contribution in [3.8, 4) is 33.6 Å². The van der Waals surface area contributed by atoms with E-state index < -0.39 is 0 Å². The first-order valence-corrected chi connectivity index (χ1v) is 16.5. The normalized spacial score (nSPS) is 11.8. The minimum atomic E-state index is 1.18. The van der Waals surface area contributed by atoms with Gasteiger partial charge in [0.2, 0.25) is 0 Å². The summed E-state index contributed by atoms with van der Waals surface area (Å²) in [6, 6.07) is 66.2. The maximum atomic E-state index is 2.38. The fraction of sp³-hybridized carbons (Fsp3) is 0. The lowest BCUT2D eigenvalue weighted by Gasteiger charge is -2.13.